The van der Waals surface area contributed by atoms with Crippen LogP contribution in [0.5, 0.6) is 0 Å². The summed E-state index contributed by atoms with van der Waals surface area (Å²) in [6, 6.07) is 7.81. The van der Waals surface area contributed by atoms with Gasteiger partial charge in [0.25, 0.3) is 0 Å². The molecule has 0 saturated carbocycles. The van der Waals surface area contributed by atoms with E-state index in [0.29, 0.717) is 0 Å². The van der Waals surface area contributed by atoms with Crippen LogP contribution in [-0.2, 0) is 11.2 Å². The fourth-order valence-corrected chi connectivity index (χ4v) is 1.73. The lowest BCUT2D eigenvalue weighted by Gasteiger charge is -2.09. The molecule has 0 aliphatic rings. The lowest BCUT2D eigenvalue weighted by molar-refractivity contribution is 0.144. The Morgan fingerprint density at radius 1 is 1.27 bits per heavy atom. The van der Waals surface area contributed by atoms with Crippen LogP contribution in [0.1, 0.15) is 18.9 Å². The normalized spacial score (nSPS) is 12.7. The molecule has 0 aliphatic carbocycles. The molecule has 1 aromatic rings. The van der Waals surface area contributed by atoms with Crippen LogP contribution in [-0.4, -0.2) is 18.6 Å². The van der Waals surface area contributed by atoms with Crippen molar-refractivity contribution in [3.8, 4) is 0 Å². The van der Waals surface area contributed by atoms with Gasteiger partial charge in [-0.2, -0.15) is 0 Å². The Morgan fingerprint density at radius 3 is 2.53 bits per heavy atom. The van der Waals surface area contributed by atoms with E-state index in [9.17, 15) is 0 Å². The Kier molecular flexibility index (Phi) is 6.07. The van der Waals surface area contributed by atoms with E-state index in [4.69, 9.17) is 27.9 Å². The van der Waals surface area contributed by atoms with Gasteiger partial charge < -0.3 is 4.74 Å². The number of hydrogen-bond acceptors (Lipinski definition) is 1. The summed E-state index contributed by atoms with van der Waals surface area (Å²) in [7, 11) is 0. The third-order valence-electron chi connectivity index (χ3n) is 2.15. The third kappa shape index (κ3) is 5.41. The molecule has 1 unspecified atom stereocenters. The van der Waals surface area contributed by atoms with Gasteiger partial charge in [0.1, 0.15) is 0 Å². The highest BCUT2D eigenvalue weighted by atomic mass is 35.5. The summed E-state index contributed by atoms with van der Waals surface area (Å²) >= 11 is 12.0. The Labute approximate surface area is 101 Å². The lowest BCUT2D eigenvalue weighted by atomic mass is 10.1. The summed E-state index contributed by atoms with van der Waals surface area (Å²) in [5.41, 5.74) is 1.22. The van der Waals surface area contributed by atoms with E-state index in [0.717, 1.165) is 31.1 Å². The molecule has 15 heavy (non-hydrogen) atoms. The molecule has 1 rings (SSSR count). The van der Waals surface area contributed by atoms with Gasteiger partial charge in [-0.3, -0.25) is 0 Å². The minimum Gasteiger partial charge on any atom is -0.382 e. The second-order valence-electron chi connectivity index (χ2n) is 3.41. The highest BCUT2D eigenvalue weighted by Crippen LogP contribution is 2.14. The van der Waals surface area contributed by atoms with Gasteiger partial charge in [-0.1, -0.05) is 23.7 Å². The first-order chi connectivity index (χ1) is 7.22. The van der Waals surface area contributed by atoms with Crippen molar-refractivity contribution < 1.29 is 4.74 Å². The summed E-state index contributed by atoms with van der Waals surface area (Å²) in [6.07, 6.45) is 1.75. The van der Waals surface area contributed by atoms with E-state index in [1.54, 1.807) is 0 Å². The number of halogens is 2. The summed E-state index contributed by atoms with van der Waals surface area (Å²) in [6.45, 7) is 3.48. The van der Waals surface area contributed by atoms with Gasteiger partial charge in [0.2, 0.25) is 0 Å². The largest absolute Gasteiger partial charge is 0.382 e. The highest BCUT2D eigenvalue weighted by molar-refractivity contribution is 6.30. The molecule has 0 spiro atoms. The maximum absolute atomic E-state index is 6.18. The molecule has 0 aliphatic heterocycles. The average Bonchev–Trinajstić information content (AvgIpc) is 2.22. The van der Waals surface area contributed by atoms with Crippen molar-refractivity contribution in [1.29, 1.82) is 0 Å². The van der Waals surface area contributed by atoms with Crippen LogP contribution < -0.4 is 0 Å². The smallest absolute Gasteiger partial charge is 0.0480 e. The number of alkyl halides is 1. The maximum Gasteiger partial charge on any atom is 0.0480 e. The first kappa shape index (κ1) is 12.8. The fourth-order valence-electron chi connectivity index (χ4n) is 1.33. The molecular formula is C12H16Cl2O. The molecular weight excluding hydrogens is 231 g/mol. The predicted molar refractivity (Wildman–Crippen MR) is 65.9 cm³/mol. The molecule has 0 radical (unpaired) electrons. The molecule has 0 heterocycles. The molecule has 1 atom stereocenters. The van der Waals surface area contributed by atoms with Crippen molar-refractivity contribution in [2.75, 3.05) is 13.2 Å². The van der Waals surface area contributed by atoms with Crippen molar-refractivity contribution >= 4 is 23.2 Å². The molecule has 1 nitrogen and oxygen atoms in total. The van der Waals surface area contributed by atoms with Crippen LogP contribution in [0.3, 0.4) is 0 Å². The zero-order valence-corrected chi connectivity index (χ0v) is 10.4. The molecule has 0 aromatic heterocycles. The Bertz CT molecular complexity index is 271. The maximum atomic E-state index is 6.18. The van der Waals surface area contributed by atoms with Gasteiger partial charge in [0.15, 0.2) is 0 Å². The first-order valence-corrected chi connectivity index (χ1v) is 6.00. The SMILES string of the molecule is CCOCCC(Cl)Cc1ccc(Cl)cc1. The first-order valence-electron chi connectivity index (χ1n) is 5.18. The molecule has 0 fully saturated rings. The van der Waals surface area contributed by atoms with Crippen molar-refractivity contribution in [1.82, 2.24) is 0 Å². The van der Waals surface area contributed by atoms with Gasteiger partial charge in [0.05, 0.1) is 0 Å². The van der Waals surface area contributed by atoms with Crippen molar-refractivity contribution in [2.24, 2.45) is 0 Å². The van der Waals surface area contributed by atoms with Crippen LogP contribution in [0.15, 0.2) is 24.3 Å². The summed E-state index contributed by atoms with van der Waals surface area (Å²) in [4.78, 5) is 0. The minimum atomic E-state index is 0.137. The second kappa shape index (κ2) is 7.10. The Balaban J connectivity index is 2.31. The lowest BCUT2D eigenvalue weighted by Crippen LogP contribution is -2.07. The zero-order valence-electron chi connectivity index (χ0n) is 8.88. The van der Waals surface area contributed by atoms with E-state index in [2.05, 4.69) is 0 Å². The molecule has 0 saturated heterocycles. The number of ether oxygens (including phenoxy) is 1. The van der Waals surface area contributed by atoms with Gasteiger partial charge in [-0.05, 0) is 37.5 Å². The second-order valence-corrected chi connectivity index (χ2v) is 4.47. The van der Waals surface area contributed by atoms with Gasteiger partial charge in [-0.25, -0.2) is 0 Å². The van der Waals surface area contributed by atoms with Crippen molar-refractivity contribution in [3.63, 3.8) is 0 Å². The molecule has 0 amide bonds. The number of benzene rings is 1. The summed E-state index contributed by atoms with van der Waals surface area (Å²) in [5, 5.41) is 0.900. The predicted octanol–water partition coefficient (Wildman–Crippen LogP) is 3.92. The van der Waals surface area contributed by atoms with E-state index < -0.39 is 0 Å². The van der Waals surface area contributed by atoms with Gasteiger partial charge in [0, 0.05) is 23.6 Å². The molecule has 0 bridgehead atoms. The quantitative estimate of drug-likeness (QED) is 0.547. The minimum absolute atomic E-state index is 0.137. The van der Waals surface area contributed by atoms with Crippen LogP contribution in [0.4, 0.5) is 0 Å². The molecule has 3 heteroatoms. The Hall–Kier alpha value is -0.240. The Morgan fingerprint density at radius 2 is 1.93 bits per heavy atom. The van der Waals surface area contributed by atoms with Crippen LogP contribution in [0.2, 0.25) is 5.02 Å². The van der Waals surface area contributed by atoms with Crippen molar-refractivity contribution in [2.45, 2.75) is 25.1 Å². The highest BCUT2D eigenvalue weighted by Gasteiger charge is 2.05. The zero-order chi connectivity index (χ0) is 11.1. The van der Waals surface area contributed by atoms with Gasteiger partial charge in [-0.15, -0.1) is 11.6 Å². The summed E-state index contributed by atoms with van der Waals surface area (Å²) < 4.78 is 5.26. The fraction of sp³-hybridized carbons (Fsp3) is 0.500. The monoisotopic (exact) mass is 246 g/mol. The van der Waals surface area contributed by atoms with E-state index in [1.807, 2.05) is 31.2 Å². The topological polar surface area (TPSA) is 9.23 Å². The van der Waals surface area contributed by atoms with Crippen LogP contribution in [0, 0.1) is 0 Å². The number of hydrogen-bond donors (Lipinski definition) is 0. The van der Waals surface area contributed by atoms with Crippen molar-refractivity contribution in [3.05, 3.63) is 34.9 Å². The third-order valence-corrected chi connectivity index (χ3v) is 2.77. The molecule has 84 valence electrons. The average molecular weight is 247 g/mol. The molecule has 1 aromatic carbocycles. The standard InChI is InChI=1S/C12H16Cl2O/c1-2-15-8-7-12(14)9-10-3-5-11(13)6-4-10/h3-6,12H,2,7-9H2,1H3. The van der Waals surface area contributed by atoms with Gasteiger partial charge >= 0.3 is 0 Å². The summed E-state index contributed by atoms with van der Waals surface area (Å²) in [5.74, 6) is 0. The van der Waals surface area contributed by atoms with E-state index >= 15 is 0 Å². The van der Waals surface area contributed by atoms with Crippen LogP contribution >= 0.6 is 23.2 Å². The van der Waals surface area contributed by atoms with E-state index in [-0.39, 0.29) is 5.38 Å². The van der Waals surface area contributed by atoms with E-state index in [1.165, 1.54) is 5.56 Å². The number of rotatable bonds is 6. The van der Waals surface area contributed by atoms with Crippen LogP contribution in [0.25, 0.3) is 0 Å². The molecule has 0 N–H and O–H groups in total.